The van der Waals surface area contributed by atoms with Gasteiger partial charge in [-0.2, -0.15) is 0 Å². The molecule has 4 aliphatic rings. The van der Waals surface area contributed by atoms with Gasteiger partial charge in [-0.1, -0.05) is 0 Å². The summed E-state index contributed by atoms with van der Waals surface area (Å²) in [7, 11) is 0. The lowest BCUT2D eigenvalue weighted by Gasteiger charge is -2.59. The fourth-order valence-electron chi connectivity index (χ4n) is 6.15. The van der Waals surface area contributed by atoms with E-state index in [0.717, 1.165) is 45.9 Å². The average Bonchev–Trinajstić information content (AvgIpc) is 2.63. The molecule has 4 rings (SSSR count). The molecule has 6 heteroatoms. The van der Waals surface area contributed by atoms with Crippen LogP contribution in [-0.4, -0.2) is 107 Å². The van der Waals surface area contributed by atoms with Crippen LogP contribution in [0.2, 0.25) is 0 Å². The lowest BCUT2D eigenvalue weighted by Crippen LogP contribution is -2.72. The Labute approximate surface area is 183 Å². The zero-order valence-corrected chi connectivity index (χ0v) is 20.4. The molecule has 30 heavy (non-hydrogen) atoms. The van der Waals surface area contributed by atoms with Crippen molar-refractivity contribution < 1.29 is 9.53 Å². The van der Waals surface area contributed by atoms with Gasteiger partial charge in [0.25, 0.3) is 0 Å². The molecule has 0 aromatic carbocycles. The van der Waals surface area contributed by atoms with Crippen molar-refractivity contribution in [1.82, 2.24) is 19.6 Å². The predicted octanol–water partition coefficient (Wildman–Crippen LogP) is 2.28. The second-order valence-corrected chi connectivity index (χ2v) is 12.5. The SMILES string of the molecule is CC(C)(C)N1CCN(C2(C)COC2)C(C2CCN3CC(=O)N(C(C)(C)C)CC3C2)C1. The standard InChI is InChI=1S/C24H44N4O2/c1-22(2,3)26-10-11-27(24(7)16-30-17-24)20(14-26)18-8-9-25-15-21(29)28(23(4,5)6)13-19(25)12-18/h18-20H,8-17H2,1-7H3. The number of nitrogens with zero attached hydrogens (tertiary/aromatic N) is 4. The minimum atomic E-state index is -0.0905. The van der Waals surface area contributed by atoms with Crippen molar-refractivity contribution in [2.45, 2.75) is 90.0 Å². The summed E-state index contributed by atoms with van der Waals surface area (Å²) in [4.78, 5) is 22.8. The molecular weight excluding hydrogens is 376 g/mol. The van der Waals surface area contributed by atoms with Crippen molar-refractivity contribution in [1.29, 1.82) is 0 Å². The van der Waals surface area contributed by atoms with Gasteiger partial charge in [0.15, 0.2) is 0 Å². The Bertz CT molecular complexity index is 649. The van der Waals surface area contributed by atoms with Crippen LogP contribution in [0.3, 0.4) is 0 Å². The molecule has 172 valence electrons. The highest BCUT2D eigenvalue weighted by atomic mass is 16.5. The van der Waals surface area contributed by atoms with E-state index in [0.29, 0.717) is 30.5 Å². The summed E-state index contributed by atoms with van der Waals surface area (Å²) < 4.78 is 5.66. The Kier molecular flexibility index (Phi) is 5.79. The summed E-state index contributed by atoms with van der Waals surface area (Å²) in [5.41, 5.74) is 0.320. The van der Waals surface area contributed by atoms with Crippen LogP contribution in [0.25, 0.3) is 0 Å². The summed E-state index contributed by atoms with van der Waals surface area (Å²) in [6.07, 6.45) is 2.41. The summed E-state index contributed by atoms with van der Waals surface area (Å²) in [5.74, 6) is 0.985. The number of carbonyl (C=O) groups is 1. The van der Waals surface area contributed by atoms with Gasteiger partial charge in [-0.3, -0.25) is 19.5 Å². The van der Waals surface area contributed by atoms with E-state index in [2.05, 4.69) is 68.1 Å². The summed E-state index contributed by atoms with van der Waals surface area (Å²) in [6.45, 7) is 23.7. The van der Waals surface area contributed by atoms with E-state index in [-0.39, 0.29) is 16.6 Å². The molecule has 0 aliphatic carbocycles. The van der Waals surface area contributed by atoms with Gasteiger partial charge in [-0.05, 0) is 73.8 Å². The summed E-state index contributed by atoms with van der Waals surface area (Å²) >= 11 is 0. The molecule has 6 nitrogen and oxygen atoms in total. The fraction of sp³-hybridized carbons (Fsp3) is 0.958. The largest absolute Gasteiger partial charge is 0.377 e. The third kappa shape index (κ3) is 4.17. The molecule has 0 N–H and O–H groups in total. The van der Waals surface area contributed by atoms with Crippen LogP contribution in [0.1, 0.15) is 61.3 Å². The second-order valence-electron chi connectivity index (χ2n) is 12.5. The average molecular weight is 421 g/mol. The normalized spacial score (nSPS) is 34.6. The number of hydrogen-bond donors (Lipinski definition) is 0. The first kappa shape index (κ1) is 22.5. The number of amides is 1. The van der Waals surface area contributed by atoms with Crippen LogP contribution < -0.4 is 0 Å². The first-order valence-corrected chi connectivity index (χ1v) is 12.0. The predicted molar refractivity (Wildman–Crippen MR) is 121 cm³/mol. The van der Waals surface area contributed by atoms with E-state index >= 15 is 0 Å². The lowest BCUT2D eigenvalue weighted by molar-refractivity contribution is -0.174. The van der Waals surface area contributed by atoms with Gasteiger partial charge >= 0.3 is 0 Å². The van der Waals surface area contributed by atoms with Crippen LogP contribution in [-0.2, 0) is 9.53 Å². The van der Waals surface area contributed by atoms with Crippen molar-refractivity contribution in [3.8, 4) is 0 Å². The van der Waals surface area contributed by atoms with Crippen LogP contribution in [0.5, 0.6) is 0 Å². The number of piperazine rings is 2. The molecule has 3 unspecified atom stereocenters. The lowest BCUT2D eigenvalue weighted by atomic mass is 9.79. The zero-order valence-electron chi connectivity index (χ0n) is 20.4. The molecule has 4 aliphatic heterocycles. The van der Waals surface area contributed by atoms with Crippen LogP contribution >= 0.6 is 0 Å². The van der Waals surface area contributed by atoms with E-state index in [4.69, 9.17) is 4.74 Å². The van der Waals surface area contributed by atoms with E-state index in [9.17, 15) is 4.79 Å². The number of piperidine rings is 1. The zero-order chi connectivity index (χ0) is 21.9. The van der Waals surface area contributed by atoms with Crippen LogP contribution in [0.4, 0.5) is 0 Å². The minimum absolute atomic E-state index is 0.0905. The van der Waals surface area contributed by atoms with Crippen molar-refractivity contribution in [2.75, 3.05) is 52.5 Å². The van der Waals surface area contributed by atoms with Gasteiger partial charge < -0.3 is 9.64 Å². The van der Waals surface area contributed by atoms with Gasteiger partial charge in [0.1, 0.15) is 0 Å². The van der Waals surface area contributed by atoms with Gasteiger partial charge in [-0.25, -0.2) is 0 Å². The van der Waals surface area contributed by atoms with Gasteiger partial charge in [-0.15, -0.1) is 0 Å². The quantitative estimate of drug-likeness (QED) is 0.685. The van der Waals surface area contributed by atoms with Crippen molar-refractivity contribution >= 4 is 5.91 Å². The first-order chi connectivity index (χ1) is 13.9. The summed E-state index contributed by atoms with van der Waals surface area (Å²) in [5, 5.41) is 0. The maximum atomic E-state index is 12.7. The Hall–Kier alpha value is -0.690. The number of carbonyl (C=O) groups excluding carboxylic acids is 1. The highest BCUT2D eigenvalue weighted by Gasteiger charge is 2.50. The Morgan fingerprint density at radius 1 is 0.967 bits per heavy atom. The number of rotatable bonds is 2. The summed E-state index contributed by atoms with van der Waals surface area (Å²) in [6, 6.07) is 1.08. The molecule has 4 saturated heterocycles. The van der Waals surface area contributed by atoms with Crippen molar-refractivity contribution in [3.63, 3.8) is 0 Å². The maximum absolute atomic E-state index is 12.7. The molecule has 1 amide bonds. The molecule has 0 radical (unpaired) electrons. The first-order valence-electron chi connectivity index (χ1n) is 12.0. The highest BCUT2D eigenvalue weighted by Crippen LogP contribution is 2.38. The molecule has 4 fully saturated rings. The molecule has 0 spiro atoms. The molecule has 0 bridgehead atoms. The van der Waals surface area contributed by atoms with Crippen molar-refractivity contribution in [2.24, 2.45) is 5.92 Å². The third-order valence-corrected chi connectivity index (χ3v) is 8.15. The van der Waals surface area contributed by atoms with E-state index < -0.39 is 0 Å². The Morgan fingerprint density at radius 2 is 1.67 bits per heavy atom. The maximum Gasteiger partial charge on any atom is 0.237 e. The minimum Gasteiger partial charge on any atom is -0.377 e. The molecule has 0 aromatic heterocycles. The Morgan fingerprint density at radius 3 is 2.23 bits per heavy atom. The highest BCUT2D eigenvalue weighted by molar-refractivity contribution is 5.80. The smallest absolute Gasteiger partial charge is 0.237 e. The van der Waals surface area contributed by atoms with Crippen LogP contribution in [0.15, 0.2) is 0 Å². The monoisotopic (exact) mass is 420 g/mol. The third-order valence-electron chi connectivity index (χ3n) is 8.15. The van der Waals surface area contributed by atoms with Gasteiger partial charge in [0, 0.05) is 49.3 Å². The fourth-order valence-corrected chi connectivity index (χ4v) is 6.15. The number of ether oxygens (including phenoxy) is 1. The van der Waals surface area contributed by atoms with Gasteiger partial charge in [0.05, 0.1) is 25.3 Å². The molecule has 3 atom stereocenters. The van der Waals surface area contributed by atoms with Crippen LogP contribution in [0, 0.1) is 5.92 Å². The Balaban J connectivity index is 1.52. The molecular formula is C24H44N4O2. The molecule has 4 heterocycles. The van der Waals surface area contributed by atoms with Gasteiger partial charge in [0.2, 0.25) is 5.91 Å². The second kappa shape index (κ2) is 7.72. The molecule has 0 saturated carbocycles. The van der Waals surface area contributed by atoms with E-state index in [1.165, 1.54) is 12.8 Å². The van der Waals surface area contributed by atoms with E-state index in [1.807, 2.05) is 0 Å². The van der Waals surface area contributed by atoms with Crippen molar-refractivity contribution in [3.05, 3.63) is 0 Å². The number of fused-ring (bicyclic) bond motifs is 1. The molecule has 0 aromatic rings. The number of hydrogen-bond acceptors (Lipinski definition) is 5. The van der Waals surface area contributed by atoms with E-state index in [1.54, 1.807) is 0 Å². The topological polar surface area (TPSA) is 39.3 Å².